The number of carbonyl (C=O) groups excluding carboxylic acids is 1. The molecule has 0 aliphatic rings. The molecule has 116 valence electrons. The maximum atomic E-state index is 11.7. The minimum absolute atomic E-state index is 0.342. The molecule has 0 spiro atoms. The first-order valence-electron chi connectivity index (χ1n) is 6.68. The van der Waals surface area contributed by atoms with Crippen molar-refractivity contribution in [1.82, 2.24) is 4.57 Å². The van der Waals surface area contributed by atoms with Gasteiger partial charge in [0.1, 0.15) is 5.69 Å². The van der Waals surface area contributed by atoms with Crippen molar-refractivity contribution < 1.29 is 9.53 Å². The third kappa shape index (κ3) is 3.84. The summed E-state index contributed by atoms with van der Waals surface area (Å²) in [5.74, 6) is -0.360. The number of hydrogen-bond acceptors (Lipinski definition) is 5. The van der Waals surface area contributed by atoms with E-state index in [0.717, 1.165) is 11.3 Å². The van der Waals surface area contributed by atoms with Crippen LogP contribution >= 0.6 is 22.9 Å². The molecule has 0 fully saturated rings. The Morgan fingerprint density at radius 2 is 2.05 bits per heavy atom. The van der Waals surface area contributed by atoms with E-state index in [9.17, 15) is 4.79 Å². The molecule has 2 aromatic rings. The van der Waals surface area contributed by atoms with Crippen molar-refractivity contribution >= 4 is 34.6 Å². The van der Waals surface area contributed by atoms with Gasteiger partial charge in [0.15, 0.2) is 0 Å². The number of aromatic nitrogens is 1. The molecule has 0 saturated heterocycles. The van der Waals surface area contributed by atoms with Gasteiger partial charge in [-0.25, -0.2) is 4.79 Å². The van der Waals surface area contributed by atoms with Gasteiger partial charge in [-0.05, 0) is 31.5 Å². The fourth-order valence-corrected chi connectivity index (χ4v) is 2.66. The van der Waals surface area contributed by atoms with Crippen molar-refractivity contribution in [2.45, 2.75) is 13.8 Å². The second kappa shape index (κ2) is 7.38. The highest BCUT2D eigenvalue weighted by Gasteiger charge is 2.11. The lowest BCUT2D eigenvalue weighted by Crippen LogP contribution is -2.17. The summed E-state index contributed by atoms with van der Waals surface area (Å²) in [7, 11) is 1.76. The van der Waals surface area contributed by atoms with E-state index in [2.05, 4.69) is 10.2 Å². The topological polar surface area (TPSA) is 55.9 Å². The number of hydrogen-bond donors (Lipinski definition) is 0. The summed E-state index contributed by atoms with van der Waals surface area (Å²) in [6.45, 7) is 3.98. The third-order valence-corrected chi connectivity index (χ3v) is 4.12. The molecule has 22 heavy (non-hydrogen) atoms. The van der Waals surface area contributed by atoms with Gasteiger partial charge in [-0.15, -0.1) is 16.4 Å². The Labute approximate surface area is 137 Å². The Balaban J connectivity index is 2.28. The number of nitrogens with zero attached hydrogens (tertiary/aromatic N) is 3. The number of halogens is 1. The maximum Gasteiger partial charge on any atom is 0.355 e. The zero-order valence-electron chi connectivity index (χ0n) is 12.5. The van der Waals surface area contributed by atoms with Gasteiger partial charge in [-0.3, -0.25) is 0 Å². The lowest BCUT2D eigenvalue weighted by atomic mass is 10.1. The first-order chi connectivity index (χ1) is 10.5. The molecule has 0 saturated carbocycles. The van der Waals surface area contributed by atoms with Gasteiger partial charge in [0.2, 0.25) is 4.80 Å². The number of esters is 1. The van der Waals surface area contributed by atoms with E-state index in [1.54, 1.807) is 36.1 Å². The largest absolute Gasteiger partial charge is 0.461 e. The van der Waals surface area contributed by atoms with E-state index < -0.39 is 0 Å². The van der Waals surface area contributed by atoms with E-state index >= 15 is 0 Å². The standard InChI is InChI=1S/C15H16ClN3O2S/c1-4-21-14(20)13-9-22-15(19(13)3)18-17-10(2)11-5-7-12(16)8-6-11/h5-9H,4H2,1-3H3. The first-order valence-corrected chi connectivity index (χ1v) is 7.94. The van der Waals surface area contributed by atoms with Crippen molar-refractivity contribution in [3.05, 3.63) is 50.7 Å². The second-order valence-electron chi connectivity index (χ2n) is 4.48. The summed E-state index contributed by atoms with van der Waals surface area (Å²) in [6.07, 6.45) is 0. The van der Waals surface area contributed by atoms with Crippen LogP contribution in [0.4, 0.5) is 0 Å². The van der Waals surface area contributed by atoms with Crippen LogP contribution in [0, 0.1) is 0 Å². The Kier molecular flexibility index (Phi) is 5.51. The lowest BCUT2D eigenvalue weighted by molar-refractivity contribution is 0.0515. The molecule has 0 atom stereocenters. The van der Waals surface area contributed by atoms with Crippen molar-refractivity contribution in [1.29, 1.82) is 0 Å². The number of ether oxygens (including phenoxy) is 1. The van der Waals surface area contributed by atoms with E-state index in [1.165, 1.54) is 11.3 Å². The van der Waals surface area contributed by atoms with Crippen LogP contribution in [0.15, 0.2) is 39.8 Å². The average Bonchev–Trinajstić information content (AvgIpc) is 2.87. The van der Waals surface area contributed by atoms with Crippen LogP contribution < -0.4 is 4.80 Å². The van der Waals surface area contributed by atoms with Crippen LogP contribution in [0.5, 0.6) is 0 Å². The molecule has 1 heterocycles. The zero-order chi connectivity index (χ0) is 16.1. The minimum Gasteiger partial charge on any atom is -0.461 e. The maximum absolute atomic E-state index is 11.7. The summed E-state index contributed by atoms with van der Waals surface area (Å²) in [6, 6.07) is 7.38. The van der Waals surface area contributed by atoms with Crippen molar-refractivity contribution in [2.75, 3.05) is 6.61 Å². The summed E-state index contributed by atoms with van der Waals surface area (Å²) in [5.41, 5.74) is 2.17. The van der Waals surface area contributed by atoms with Crippen LogP contribution in [-0.2, 0) is 11.8 Å². The van der Waals surface area contributed by atoms with E-state index in [0.29, 0.717) is 22.1 Å². The molecule has 2 rings (SSSR count). The van der Waals surface area contributed by atoms with Gasteiger partial charge >= 0.3 is 5.97 Å². The van der Waals surface area contributed by atoms with Gasteiger partial charge in [0, 0.05) is 17.5 Å². The van der Waals surface area contributed by atoms with E-state index in [4.69, 9.17) is 16.3 Å². The van der Waals surface area contributed by atoms with Gasteiger partial charge in [0.25, 0.3) is 0 Å². The Morgan fingerprint density at radius 3 is 2.68 bits per heavy atom. The normalized spacial score (nSPS) is 12.5. The summed E-state index contributed by atoms with van der Waals surface area (Å²) in [5, 5.41) is 10.8. The SMILES string of the molecule is CCOC(=O)c1csc(=NN=C(C)c2ccc(Cl)cc2)n1C. The second-order valence-corrected chi connectivity index (χ2v) is 5.75. The lowest BCUT2D eigenvalue weighted by Gasteiger charge is -2.01. The molecule has 0 N–H and O–H groups in total. The number of benzene rings is 1. The highest BCUT2D eigenvalue weighted by atomic mass is 35.5. The zero-order valence-corrected chi connectivity index (χ0v) is 14.1. The molecule has 0 bridgehead atoms. The molecular formula is C15H16ClN3O2S. The van der Waals surface area contributed by atoms with Gasteiger partial charge in [-0.2, -0.15) is 5.10 Å². The summed E-state index contributed by atoms with van der Waals surface area (Å²) < 4.78 is 6.65. The smallest absolute Gasteiger partial charge is 0.355 e. The predicted molar refractivity (Wildman–Crippen MR) is 88.5 cm³/mol. The summed E-state index contributed by atoms with van der Waals surface area (Å²) in [4.78, 5) is 12.4. The van der Waals surface area contributed by atoms with Gasteiger partial charge < -0.3 is 9.30 Å². The average molecular weight is 338 g/mol. The Hall–Kier alpha value is -1.92. The van der Waals surface area contributed by atoms with E-state index in [1.807, 2.05) is 19.1 Å². The first kappa shape index (κ1) is 16.5. The summed E-state index contributed by atoms with van der Waals surface area (Å²) >= 11 is 7.20. The molecule has 0 unspecified atom stereocenters. The third-order valence-electron chi connectivity index (χ3n) is 2.96. The van der Waals surface area contributed by atoms with Gasteiger partial charge in [0.05, 0.1) is 12.3 Å². The van der Waals surface area contributed by atoms with Crippen LogP contribution in [0.2, 0.25) is 5.02 Å². The van der Waals surface area contributed by atoms with Crippen molar-refractivity contribution in [3.8, 4) is 0 Å². The van der Waals surface area contributed by atoms with Crippen LogP contribution in [0.1, 0.15) is 29.9 Å². The molecule has 0 amide bonds. The molecular weight excluding hydrogens is 322 g/mol. The number of carbonyl (C=O) groups is 1. The molecule has 7 heteroatoms. The van der Waals surface area contributed by atoms with Crippen LogP contribution in [0.25, 0.3) is 0 Å². The molecule has 1 aromatic carbocycles. The van der Waals surface area contributed by atoms with Crippen LogP contribution in [0.3, 0.4) is 0 Å². The van der Waals surface area contributed by atoms with Crippen LogP contribution in [-0.4, -0.2) is 22.9 Å². The Morgan fingerprint density at radius 1 is 1.36 bits per heavy atom. The highest BCUT2D eigenvalue weighted by molar-refractivity contribution is 7.07. The monoisotopic (exact) mass is 337 g/mol. The molecule has 1 aromatic heterocycles. The quantitative estimate of drug-likeness (QED) is 0.488. The Bertz CT molecular complexity index is 760. The molecule has 0 aliphatic carbocycles. The fourth-order valence-electron chi connectivity index (χ4n) is 1.72. The van der Waals surface area contributed by atoms with Gasteiger partial charge in [-0.1, -0.05) is 23.7 Å². The van der Waals surface area contributed by atoms with Crippen molar-refractivity contribution in [3.63, 3.8) is 0 Å². The molecule has 0 aliphatic heterocycles. The number of thiazole rings is 1. The van der Waals surface area contributed by atoms with Crippen molar-refractivity contribution in [2.24, 2.45) is 17.3 Å². The van der Waals surface area contributed by atoms with E-state index in [-0.39, 0.29) is 5.97 Å². The molecule has 5 nitrogen and oxygen atoms in total. The fraction of sp³-hybridized carbons (Fsp3) is 0.267. The molecule has 0 radical (unpaired) electrons. The number of rotatable bonds is 4. The highest BCUT2D eigenvalue weighted by Crippen LogP contribution is 2.10. The predicted octanol–water partition coefficient (Wildman–Crippen LogP) is 3.24. The minimum atomic E-state index is -0.360.